The molecule has 0 bridgehead atoms. The lowest BCUT2D eigenvalue weighted by molar-refractivity contribution is 0.0943. The summed E-state index contributed by atoms with van der Waals surface area (Å²) >= 11 is 0. The van der Waals surface area contributed by atoms with Crippen molar-refractivity contribution >= 4 is 36.4 Å². The quantitative estimate of drug-likeness (QED) is 0.749. The molecule has 138 valence electrons. The summed E-state index contributed by atoms with van der Waals surface area (Å²) in [4.78, 5) is 14.4. The van der Waals surface area contributed by atoms with Gasteiger partial charge in [0, 0.05) is 12.2 Å². The third-order valence-corrected chi connectivity index (χ3v) is 3.76. The molecule has 2 rings (SSSR count). The first-order valence-electron chi connectivity index (χ1n) is 7.46. The van der Waals surface area contributed by atoms with Gasteiger partial charge in [-0.15, -0.1) is 24.8 Å². The van der Waals surface area contributed by atoms with E-state index in [-0.39, 0.29) is 36.8 Å². The number of likely N-dealkylation sites (N-methyl/N-ethyl adjacent to an activating group) is 1. The molecular formula is C18H25Cl2N3O2. The molecule has 0 aliphatic carbocycles. The Labute approximate surface area is 161 Å². The second-order valence-corrected chi connectivity index (χ2v) is 5.55. The third kappa shape index (κ3) is 6.12. The molecule has 0 radical (unpaired) electrons. The maximum Gasteiger partial charge on any atom is 0.253 e. The van der Waals surface area contributed by atoms with Crippen LogP contribution in [0.5, 0.6) is 5.75 Å². The van der Waals surface area contributed by atoms with E-state index in [1.54, 1.807) is 25.3 Å². The van der Waals surface area contributed by atoms with E-state index in [0.29, 0.717) is 17.8 Å². The summed E-state index contributed by atoms with van der Waals surface area (Å²) < 4.78 is 5.27. The molecule has 0 heterocycles. The number of methoxy groups -OCH3 is 1. The molecule has 2 aromatic carbocycles. The Hall–Kier alpha value is -1.95. The van der Waals surface area contributed by atoms with E-state index >= 15 is 0 Å². The van der Waals surface area contributed by atoms with Crippen LogP contribution in [-0.4, -0.2) is 38.6 Å². The Kier molecular flexibility index (Phi) is 9.98. The van der Waals surface area contributed by atoms with Crippen LogP contribution in [-0.2, 0) is 0 Å². The minimum absolute atomic E-state index is 0. The summed E-state index contributed by atoms with van der Waals surface area (Å²) in [5.41, 5.74) is 7.90. The van der Waals surface area contributed by atoms with Crippen LogP contribution >= 0.6 is 24.8 Å². The first-order valence-corrected chi connectivity index (χ1v) is 7.46. The van der Waals surface area contributed by atoms with Crippen LogP contribution in [0.4, 0.5) is 5.69 Å². The molecule has 1 unspecified atom stereocenters. The van der Waals surface area contributed by atoms with Gasteiger partial charge >= 0.3 is 0 Å². The molecule has 0 aliphatic heterocycles. The number of para-hydroxylation sites is 1. The molecule has 0 fully saturated rings. The number of nitrogens with two attached hydrogens (primary N) is 1. The predicted molar refractivity (Wildman–Crippen MR) is 107 cm³/mol. The second kappa shape index (κ2) is 10.8. The van der Waals surface area contributed by atoms with Crippen molar-refractivity contribution in [3.05, 3.63) is 59.7 Å². The molecule has 25 heavy (non-hydrogen) atoms. The van der Waals surface area contributed by atoms with Crippen molar-refractivity contribution in [1.29, 1.82) is 0 Å². The van der Waals surface area contributed by atoms with Gasteiger partial charge in [0.05, 0.1) is 18.7 Å². The first-order chi connectivity index (χ1) is 11.0. The molecule has 1 atom stereocenters. The van der Waals surface area contributed by atoms with E-state index in [9.17, 15) is 4.79 Å². The largest absolute Gasteiger partial charge is 0.497 e. The van der Waals surface area contributed by atoms with E-state index in [0.717, 1.165) is 11.3 Å². The molecule has 7 heteroatoms. The monoisotopic (exact) mass is 385 g/mol. The minimum atomic E-state index is -0.169. The molecule has 0 aromatic heterocycles. The fourth-order valence-corrected chi connectivity index (χ4v) is 2.44. The number of nitrogen functional groups attached to an aromatic ring is 1. The van der Waals surface area contributed by atoms with Gasteiger partial charge in [-0.2, -0.15) is 0 Å². The van der Waals surface area contributed by atoms with E-state index in [1.807, 2.05) is 44.4 Å². The van der Waals surface area contributed by atoms with Crippen LogP contribution in [0.25, 0.3) is 0 Å². The topological polar surface area (TPSA) is 67.6 Å². The van der Waals surface area contributed by atoms with Gasteiger partial charge in [-0.3, -0.25) is 4.79 Å². The number of anilines is 1. The number of carbonyl (C=O) groups excluding carboxylic acids is 1. The number of hydrogen-bond acceptors (Lipinski definition) is 4. The lowest BCUT2D eigenvalue weighted by atomic mass is 10.1. The molecule has 3 N–H and O–H groups in total. The number of rotatable bonds is 6. The van der Waals surface area contributed by atoms with Gasteiger partial charge < -0.3 is 20.7 Å². The van der Waals surface area contributed by atoms with Crippen LogP contribution in [0.3, 0.4) is 0 Å². The molecule has 0 aliphatic rings. The third-order valence-electron chi connectivity index (χ3n) is 3.76. The Morgan fingerprint density at radius 3 is 2.44 bits per heavy atom. The zero-order valence-electron chi connectivity index (χ0n) is 14.6. The number of ether oxygens (including phenoxy) is 1. The van der Waals surface area contributed by atoms with Crippen molar-refractivity contribution in [2.75, 3.05) is 33.5 Å². The molecular weight excluding hydrogens is 361 g/mol. The van der Waals surface area contributed by atoms with Crippen molar-refractivity contribution in [1.82, 2.24) is 10.2 Å². The lowest BCUT2D eigenvalue weighted by Crippen LogP contribution is -2.34. The fourth-order valence-electron chi connectivity index (χ4n) is 2.44. The maximum absolute atomic E-state index is 12.3. The van der Waals surface area contributed by atoms with Crippen LogP contribution in [0.15, 0.2) is 48.5 Å². The van der Waals surface area contributed by atoms with E-state index in [4.69, 9.17) is 10.5 Å². The highest BCUT2D eigenvalue weighted by atomic mass is 35.5. The molecule has 0 saturated heterocycles. The average Bonchev–Trinajstić information content (AvgIpc) is 2.55. The van der Waals surface area contributed by atoms with E-state index in [2.05, 4.69) is 10.2 Å². The number of carbonyl (C=O) groups is 1. The van der Waals surface area contributed by atoms with Crippen molar-refractivity contribution < 1.29 is 9.53 Å². The van der Waals surface area contributed by atoms with Gasteiger partial charge in [0.2, 0.25) is 0 Å². The summed E-state index contributed by atoms with van der Waals surface area (Å²) in [6.07, 6.45) is 0. The number of benzene rings is 2. The SMILES string of the molecule is COc1cccc(C(CNC(=O)c2ccccc2N)N(C)C)c1.Cl.Cl. The zero-order chi connectivity index (χ0) is 16.8. The van der Waals surface area contributed by atoms with Crippen molar-refractivity contribution in [2.45, 2.75) is 6.04 Å². The van der Waals surface area contributed by atoms with Gasteiger partial charge in [-0.05, 0) is 43.9 Å². The molecule has 0 spiro atoms. The summed E-state index contributed by atoms with van der Waals surface area (Å²) in [6, 6.07) is 15.0. The summed E-state index contributed by atoms with van der Waals surface area (Å²) in [6.45, 7) is 0.479. The Morgan fingerprint density at radius 2 is 1.84 bits per heavy atom. The Morgan fingerprint density at radius 1 is 1.16 bits per heavy atom. The number of hydrogen-bond donors (Lipinski definition) is 2. The van der Waals surface area contributed by atoms with Crippen LogP contribution in [0, 0.1) is 0 Å². The highest BCUT2D eigenvalue weighted by Crippen LogP contribution is 2.22. The second-order valence-electron chi connectivity index (χ2n) is 5.55. The number of nitrogens with one attached hydrogen (secondary N) is 1. The Balaban J connectivity index is 0.00000288. The Bertz CT molecular complexity index is 681. The number of halogens is 2. The summed E-state index contributed by atoms with van der Waals surface area (Å²) in [5, 5.41) is 2.96. The van der Waals surface area contributed by atoms with E-state index < -0.39 is 0 Å². The predicted octanol–water partition coefficient (Wildman–Crippen LogP) is 3.15. The zero-order valence-corrected chi connectivity index (χ0v) is 16.2. The smallest absolute Gasteiger partial charge is 0.253 e. The molecule has 0 saturated carbocycles. The van der Waals surface area contributed by atoms with Crippen LogP contribution in [0.1, 0.15) is 22.0 Å². The molecule has 2 aromatic rings. The van der Waals surface area contributed by atoms with Crippen molar-refractivity contribution in [2.24, 2.45) is 0 Å². The van der Waals surface area contributed by atoms with Gasteiger partial charge in [-0.1, -0.05) is 24.3 Å². The van der Waals surface area contributed by atoms with Crippen LogP contribution in [0.2, 0.25) is 0 Å². The minimum Gasteiger partial charge on any atom is -0.497 e. The highest BCUT2D eigenvalue weighted by Gasteiger charge is 2.17. The maximum atomic E-state index is 12.3. The standard InChI is InChI=1S/C18H23N3O2.2ClH/c1-21(2)17(13-7-6-8-14(11-13)23-3)12-20-18(22)15-9-4-5-10-16(15)19;;/h4-11,17H,12,19H2,1-3H3,(H,20,22);2*1H. The highest BCUT2D eigenvalue weighted by molar-refractivity contribution is 5.99. The van der Waals surface area contributed by atoms with E-state index in [1.165, 1.54) is 0 Å². The van der Waals surface area contributed by atoms with Crippen molar-refractivity contribution in [3.8, 4) is 5.75 Å². The fraction of sp³-hybridized carbons (Fsp3) is 0.278. The number of nitrogens with zero attached hydrogens (tertiary/aromatic N) is 1. The summed E-state index contributed by atoms with van der Waals surface area (Å²) in [5.74, 6) is 0.630. The van der Waals surface area contributed by atoms with Gasteiger partial charge in [0.1, 0.15) is 5.75 Å². The average molecular weight is 386 g/mol. The van der Waals surface area contributed by atoms with Gasteiger partial charge in [0.15, 0.2) is 0 Å². The first kappa shape index (κ1) is 23.1. The van der Waals surface area contributed by atoms with Crippen LogP contribution < -0.4 is 15.8 Å². The molecule has 5 nitrogen and oxygen atoms in total. The number of amides is 1. The lowest BCUT2D eigenvalue weighted by Gasteiger charge is -2.25. The van der Waals surface area contributed by atoms with Gasteiger partial charge in [-0.25, -0.2) is 0 Å². The summed E-state index contributed by atoms with van der Waals surface area (Å²) in [7, 11) is 5.60. The van der Waals surface area contributed by atoms with Crippen molar-refractivity contribution in [3.63, 3.8) is 0 Å². The normalized spacial score (nSPS) is 11.0. The molecule has 1 amide bonds. The van der Waals surface area contributed by atoms with Gasteiger partial charge in [0.25, 0.3) is 5.91 Å².